The molecule has 5 nitrogen and oxygen atoms in total. The van der Waals surface area contributed by atoms with Crippen LogP contribution in [-0.4, -0.2) is 16.1 Å². The molecule has 2 aromatic rings. The van der Waals surface area contributed by atoms with E-state index >= 15 is 0 Å². The molecule has 0 unspecified atom stereocenters. The first kappa shape index (κ1) is 14.8. The molecule has 1 heterocycles. The Morgan fingerprint density at radius 2 is 2.27 bits per heavy atom. The van der Waals surface area contributed by atoms with E-state index in [0.29, 0.717) is 12.3 Å². The minimum atomic E-state index is -0.203. The monoisotopic (exact) mass is 317 g/mol. The number of aryl methyl sites for hydroxylation is 2. The van der Waals surface area contributed by atoms with Gasteiger partial charge in [-0.1, -0.05) is 12.1 Å². The van der Waals surface area contributed by atoms with Crippen LogP contribution in [0.5, 0.6) is 5.75 Å². The van der Waals surface area contributed by atoms with Gasteiger partial charge >= 0.3 is 6.03 Å². The summed E-state index contributed by atoms with van der Waals surface area (Å²) in [5.41, 5.74) is 2.87. The molecule has 0 fully saturated rings. The second kappa shape index (κ2) is 5.96. The van der Waals surface area contributed by atoms with Gasteiger partial charge in [-0.25, -0.2) is 9.78 Å². The minimum Gasteiger partial charge on any atom is -0.508 e. The van der Waals surface area contributed by atoms with Crippen molar-refractivity contribution in [1.82, 2.24) is 15.6 Å². The summed E-state index contributed by atoms with van der Waals surface area (Å²) in [5.74, 6) is 0.316. The maximum absolute atomic E-state index is 12.1. The molecule has 0 spiro atoms. The minimum absolute atomic E-state index is 0.0413. The fraction of sp³-hybridized carbons (Fsp3) is 0.375. The Morgan fingerprint density at radius 3 is 3.00 bits per heavy atom. The number of phenolic OH excluding ortho intramolecular Hbond substituents is 1. The molecule has 1 atom stereocenters. The molecule has 0 saturated carbocycles. The van der Waals surface area contributed by atoms with Crippen molar-refractivity contribution in [3.05, 3.63) is 44.9 Å². The first-order valence-electron chi connectivity index (χ1n) is 7.32. The highest BCUT2D eigenvalue weighted by Gasteiger charge is 2.25. The number of nitrogens with zero attached hydrogens (tertiary/aromatic N) is 1. The van der Waals surface area contributed by atoms with E-state index in [1.165, 1.54) is 0 Å². The van der Waals surface area contributed by atoms with E-state index in [2.05, 4.69) is 15.6 Å². The van der Waals surface area contributed by atoms with Crippen molar-refractivity contribution in [2.24, 2.45) is 0 Å². The number of urea groups is 1. The molecule has 0 bridgehead atoms. The van der Waals surface area contributed by atoms with Crippen LogP contribution in [0.25, 0.3) is 0 Å². The highest BCUT2D eigenvalue weighted by Crippen LogP contribution is 2.36. The lowest BCUT2D eigenvalue weighted by Crippen LogP contribution is -2.37. The van der Waals surface area contributed by atoms with Gasteiger partial charge in [-0.05, 0) is 43.9 Å². The van der Waals surface area contributed by atoms with Crippen LogP contribution >= 0.6 is 11.3 Å². The molecule has 6 heteroatoms. The molecule has 22 heavy (non-hydrogen) atoms. The predicted molar refractivity (Wildman–Crippen MR) is 86.1 cm³/mol. The number of aromatic nitrogens is 1. The third-order valence-corrected chi connectivity index (χ3v) is 4.90. The molecule has 2 amide bonds. The smallest absolute Gasteiger partial charge is 0.315 e. The summed E-state index contributed by atoms with van der Waals surface area (Å²) in [6.07, 6.45) is 1.60. The summed E-state index contributed by atoms with van der Waals surface area (Å²) in [5, 5.41) is 16.7. The molecule has 1 aromatic carbocycles. The van der Waals surface area contributed by atoms with Gasteiger partial charge in [0.25, 0.3) is 0 Å². The van der Waals surface area contributed by atoms with Crippen molar-refractivity contribution in [3.8, 4) is 5.75 Å². The number of fused-ring (bicyclic) bond motifs is 1. The Kier molecular flexibility index (Phi) is 4.02. The molecule has 116 valence electrons. The molecular formula is C16H19N3O2S. The van der Waals surface area contributed by atoms with Gasteiger partial charge in [-0.15, -0.1) is 11.3 Å². The molecule has 1 aliphatic rings. The van der Waals surface area contributed by atoms with Gasteiger partial charge in [0.15, 0.2) is 0 Å². The molecule has 3 rings (SSSR count). The Bertz CT molecular complexity index is 711. The van der Waals surface area contributed by atoms with Crippen LogP contribution in [0.3, 0.4) is 0 Å². The summed E-state index contributed by atoms with van der Waals surface area (Å²) in [6.45, 7) is 4.40. The van der Waals surface area contributed by atoms with E-state index in [4.69, 9.17) is 0 Å². The van der Waals surface area contributed by atoms with Gasteiger partial charge in [0.1, 0.15) is 5.75 Å². The number of aromatic hydroxyl groups is 1. The van der Waals surface area contributed by atoms with Crippen molar-refractivity contribution in [1.29, 1.82) is 0 Å². The van der Waals surface area contributed by atoms with Gasteiger partial charge < -0.3 is 15.7 Å². The maximum atomic E-state index is 12.1. The maximum Gasteiger partial charge on any atom is 0.315 e. The Labute approximate surface area is 133 Å². The zero-order valence-electron chi connectivity index (χ0n) is 12.6. The number of hydrogen-bond acceptors (Lipinski definition) is 4. The van der Waals surface area contributed by atoms with Gasteiger partial charge in [0, 0.05) is 4.88 Å². The van der Waals surface area contributed by atoms with Crippen molar-refractivity contribution in [2.45, 2.75) is 39.3 Å². The highest BCUT2D eigenvalue weighted by atomic mass is 32.1. The number of thiazole rings is 1. The second-order valence-electron chi connectivity index (χ2n) is 5.50. The number of carbonyl (C=O) groups is 1. The number of benzene rings is 1. The van der Waals surface area contributed by atoms with Crippen LogP contribution in [-0.2, 0) is 13.0 Å². The van der Waals surface area contributed by atoms with Gasteiger partial charge in [0.2, 0.25) is 0 Å². The van der Waals surface area contributed by atoms with Crippen LogP contribution < -0.4 is 10.6 Å². The Hall–Kier alpha value is -2.08. The Morgan fingerprint density at radius 1 is 1.45 bits per heavy atom. The zero-order chi connectivity index (χ0) is 15.7. The van der Waals surface area contributed by atoms with E-state index in [9.17, 15) is 9.90 Å². The topological polar surface area (TPSA) is 74.2 Å². The van der Waals surface area contributed by atoms with Gasteiger partial charge in [-0.3, -0.25) is 0 Å². The normalized spacial score (nSPS) is 16.4. The summed E-state index contributed by atoms with van der Waals surface area (Å²) in [6, 6.07) is 5.22. The SMILES string of the molecule is Cc1nc(CNC(=O)N[C@H]2CCc3c(O)cccc32)c(C)s1. The average Bonchev–Trinajstić information content (AvgIpc) is 3.01. The third kappa shape index (κ3) is 2.92. The molecule has 1 aromatic heterocycles. The van der Waals surface area contributed by atoms with E-state index < -0.39 is 0 Å². The standard InChI is InChI=1S/C16H19N3O2S/c1-9-14(18-10(2)22-9)8-17-16(21)19-13-7-6-12-11(13)4-3-5-15(12)20/h3-5,13,20H,6-8H2,1-2H3,(H2,17,19,21)/t13-/m0/s1. The molecule has 1 aliphatic carbocycles. The summed E-state index contributed by atoms with van der Waals surface area (Å²) < 4.78 is 0. The highest BCUT2D eigenvalue weighted by molar-refractivity contribution is 7.11. The van der Waals surface area contributed by atoms with E-state index in [1.54, 1.807) is 17.4 Å². The summed E-state index contributed by atoms with van der Waals surface area (Å²) in [7, 11) is 0. The van der Waals surface area contributed by atoms with Gasteiger partial charge in [0.05, 0.1) is 23.3 Å². The van der Waals surface area contributed by atoms with Crippen molar-refractivity contribution < 1.29 is 9.90 Å². The zero-order valence-corrected chi connectivity index (χ0v) is 13.5. The van der Waals surface area contributed by atoms with Crippen LogP contribution in [0.4, 0.5) is 4.79 Å². The predicted octanol–water partition coefficient (Wildman–Crippen LogP) is 2.95. The van der Waals surface area contributed by atoms with Crippen LogP contribution in [0.2, 0.25) is 0 Å². The van der Waals surface area contributed by atoms with Crippen LogP contribution in [0.15, 0.2) is 18.2 Å². The first-order chi connectivity index (χ1) is 10.5. The van der Waals surface area contributed by atoms with Crippen LogP contribution in [0.1, 0.15) is 39.2 Å². The average molecular weight is 317 g/mol. The number of carbonyl (C=O) groups excluding carboxylic acids is 1. The molecule has 3 N–H and O–H groups in total. The van der Waals surface area contributed by atoms with E-state index in [1.807, 2.05) is 26.0 Å². The van der Waals surface area contributed by atoms with E-state index in [0.717, 1.165) is 39.5 Å². The quantitative estimate of drug-likeness (QED) is 0.815. The lowest BCUT2D eigenvalue weighted by Gasteiger charge is -2.15. The summed E-state index contributed by atoms with van der Waals surface area (Å²) >= 11 is 1.64. The van der Waals surface area contributed by atoms with Crippen LogP contribution in [0, 0.1) is 13.8 Å². The molecule has 0 aliphatic heterocycles. The van der Waals surface area contributed by atoms with Crippen molar-refractivity contribution >= 4 is 17.4 Å². The van der Waals surface area contributed by atoms with Crippen molar-refractivity contribution in [3.63, 3.8) is 0 Å². The fourth-order valence-corrected chi connectivity index (χ4v) is 3.73. The largest absolute Gasteiger partial charge is 0.508 e. The lowest BCUT2D eigenvalue weighted by molar-refractivity contribution is 0.236. The van der Waals surface area contributed by atoms with Gasteiger partial charge in [-0.2, -0.15) is 0 Å². The van der Waals surface area contributed by atoms with E-state index in [-0.39, 0.29) is 12.1 Å². The van der Waals surface area contributed by atoms with Crippen molar-refractivity contribution in [2.75, 3.05) is 0 Å². The Balaban J connectivity index is 1.60. The number of nitrogens with one attached hydrogen (secondary N) is 2. The number of rotatable bonds is 3. The summed E-state index contributed by atoms with van der Waals surface area (Å²) in [4.78, 5) is 17.6. The lowest BCUT2D eigenvalue weighted by atomic mass is 10.1. The second-order valence-corrected chi connectivity index (χ2v) is 6.91. The fourth-order valence-electron chi connectivity index (χ4n) is 2.89. The molecule has 0 saturated heterocycles. The third-order valence-electron chi connectivity index (χ3n) is 3.97. The number of phenols is 1. The molecular weight excluding hydrogens is 298 g/mol. The number of hydrogen-bond donors (Lipinski definition) is 3. The number of amides is 2. The first-order valence-corrected chi connectivity index (χ1v) is 8.14. The molecule has 0 radical (unpaired) electrons.